The molecule has 0 aliphatic heterocycles. The predicted molar refractivity (Wildman–Crippen MR) is 69.6 cm³/mol. The van der Waals surface area contributed by atoms with Crippen LogP contribution in [0.2, 0.25) is 10.2 Å². The lowest BCUT2D eigenvalue weighted by molar-refractivity contribution is -0.139. The van der Waals surface area contributed by atoms with Crippen LogP contribution in [-0.2, 0) is 9.53 Å². The van der Waals surface area contributed by atoms with Gasteiger partial charge in [-0.25, -0.2) is 9.78 Å². The Bertz CT molecular complexity index is 482. The van der Waals surface area contributed by atoms with Gasteiger partial charge in [0.1, 0.15) is 11.2 Å². The van der Waals surface area contributed by atoms with Crippen LogP contribution >= 0.6 is 23.2 Å². The van der Waals surface area contributed by atoms with E-state index in [1.807, 2.05) is 0 Å². The number of carboxylic acids is 1. The molecule has 0 aromatic carbocycles. The van der Waals surface area contributed by atoms with Gasteiger partial charge in [-0.2, -0.15) is 0 Å². The molecule has 0 aliphatic carbocycles. The van der Waals surface area contributed by atoms with E-state index in [-0.39, 0.29) is 28.8 Å². The SMILES string of the molecule is COCCC(NC(=O)c1cnc(Cl)c(Cl)c1)C(=O)O. The first kappa shape index (κ1) is 15.7. The van der Waals surface area contributed by atoms with Crippen molar-refractivity contribution < 1.29 is 19.4 Å². The third-order valence-electron chi connectivity index (χ3n) is 2.27. The lowest BCUT2D eigenvalue weighted by Crippen LogP contribution is -2.41. The number of nitrogens with zero attached hydrogens (tertiary/aromatic N) is 1. The summed E-state index contributed by atoms with van der Waals surface area (Å²) in [5.74, 6) is -1.73. The van der Waals surface area contributed by atoms with Crippen molar-refractivity contribution in [1.29, 1.82) is 0 Å². The molecule has 1 aromatic heterocycles. The minimum atomic E-state index is -1.14. The molecule has 1 aromatic rings. The van der Waals surface area contributed by atoms with Crippen molar-refractivity contribution in [3.05, 3.63) is 28.0 Å². The smallest absolute Gasteiger partial charge is 0.326 e. The molecule has 0 radical (unpaired) electrons. The van der Waals surface area contributed by atoms with E-state index < -0.39 is 17.9 Å². The van der Waals surface area contributed by atoms with Crippen molar-refractivity contribution in [3.63, 3.8) is 0 Å². The second-order valence-corrected chi connectivity index (χ2v) is 4.41. The fourth-order valence-electron chi connectivity index (χ4n) is 1.28. The third-order valence-corrected chi connectivity index (χ3v) is 2.96. The number of aromatic nitrogens is 1. The molecule has 8 heteroatoms. The molecular formula is C11H12Cl2N2O4. The number of hydrogen-bond acceptors (Lipinski definition) is 4. The lowest BCUT2D eigenvalue weighted by atomic mass is 10.2. The normalized spacial score (nSPS) is 11.9. The summed E-state index contributed by atoms with van der Waals surface area (Å²) in [5.41, 5.74) is 0.137. The van der Waals surface area contributed by atoms with Crippen LogP contribution in [0.25, 0.3) is 0 Å². The number of carboxylic acid groups (broad SMARTS) is 1. The Morgan fingerprint density at radius 2 is 2.21 bits per heavy atom. The molecule has 19 heavy (non-hydrogen) atoms. The Morgan fingerprint density at radius 3 is 2.74 bits per heavy atom. The van der Waals surface area contributed by atoms with Gasteiger partial charge in [-0.05, 0) is 6.07 Å². The minimum absolute atomic E-state index is 0.0763. The van der Waals surface area contributed by atoms with E-state index in [1.165, 1.54) is 19.4 Å². The van der Waals surface area contributed by atoms with E-state index in [9.17, 15) is 9.59 Å². The molecule has 104 valence electrons. The molecular weight excluding hydrogens is 295 g/mol. The van der Waals surface area contributed by atoms with Crippen LogP contribution in [0, 0.1) is 0 Å². The number of carbonyl (C=O) groups excluding carboxylic acids is 1. The van der Waals surface area contributed by atoms with Crippen molar-refractivity contribution in [2.45, 2.75) is 12.5 Å². The van der Waals surface area contributed by atoms with Gasteiger partial charge in [-0.1, -0.05) is 23.2 Å². The summed E-state index contributed by atoms with van der Waals surface area (Å²) in [6, 6.07) is 0.281. The molecule has 1 unspecified atom stereocenters. The quantitative estimate of drug-likeness (QED) is 0.779. The van der Waals surface area contributed by atoms with Crippen LogP contribution in [0.4, 0.5) is 0 Å². The fourth-order valence-corrected chi connectivity index (χ4v) is 1.55. The van der Waals surface area contributed by atoms with E-state index in [1.54, 1.807) is 0 Å². The van der Waals surface area contributed by atoms with Gasteiger partial charge < -0.3 is 15.2 Å². The van der Waals surface area contributed by atoms with Crippen molar-refractivity contribution in [3.8, 4) is 0 Å². The van der Waals surface area contributed by atoms with Crippen molar-refractivity contribution in [2.24, 2.45) is 0 Å². The zero-order valence-corrected chi connectivity index (χ0v) is 11.5. The Morgan fingerprint density at radius 1 is 1.53 bits per heavy atom. The Kier molecular flexibility index (Phi) is 6.01. The van der Waals surface area contributed by atoms with Crippen LogP contribution in [0.3, 0.4) is 0 Å². The van der Waals surface area contributed by atoms with Crippen molar-refractivity contribution in [2.75, 3.05) is 13.7 Å². The number of amides is 1. The predicted octanol–water partition coefficient (Wildman–Crippen LogP) is 1.61. The van der Waals surface area contributed by atoms with Gasteiger partial charge in [0.15, 0.2) is 0 Å². The first-order valence-electron chi connectivity index (χ1n) is 5.29. The molecule has 0 bridgehead atoms. The third kappa shape index (κ3) is 4.66. The van der Waals surface area contributed by atoms with Crippen LogP contribution in [0.15, 0.2) is 12.3 Å². The average Bonchev–Trinajstić information content (AvgIpc) is 2.37. The van der Waals surface area contributed by atoms with Gasteiger partial charge in [0.2, 0.25) is 0 Å². The van der Waals surface area contributed by atoms with Gasteiger partial charge in [-0.3, -0.25) is 4.79 Å². The number of rotatable bonds is 6. The number of nitrogens with one attached hydrogen (secondary N) is 1. The topological polar surface area (TPSA) is 88.5 Å². The zero-order chi connectivity index (χ0) is 14.4. The highest BCUT2D eigenvalue weighted by molar-refractivity contribution is 6.41. The summed E-state index contributed by atoms with van der Waals surface area (Å²) >= 11 is 11.4. The summed E-state index contributed by atoms with van der Waals surface area (Å²) in [4.78, 5) is 26.5. The van der Waals surface area contributed by atoms with E-state index in [0.29, 0.717) is 0 Å². The first-order chi connectivity index (χ1) is 8.95. The van der Waals surface area contributed by atoms with Crippen molar-refractivity contribution >= 4 is 35.1 Å². The summed E-state index contributed by atoms with van der Waals surface area (Å²) in [7, 11) is 1.45. The van der Waals surface area contributed by atoms with E-state index >= 15 is 0 Å². The highest BCUT2D eigenvalue weighted by Gasteiger charge is 2.20. The van der Waals surface area contributed by atoms with Gasteiger partial charge in [-0.15, -0.1) is 0 Å². The Balaban J connectivity index is 2.75. The van der Waals surface area contributed by atoms with Crippen LogP contribution < -0.4 is 5.32 Å². The second-order valence-electron chi connectivity index (χ2n) is 3.64. The monoisotopic (exact) mass is 306 g/mol. The standard InChI is InChI=1S/C11H12Cl2N2O4/c1-19-3-2-8(11(17)18)15-10(16)6-4-7(12)9(13)14-5-6/h4-5,8H,2-3H2,1H3,(H,15,16)(H,17,18). The van der Waals surface area contributed by atoms with Gasteiger partial charge >= 0.3 is 5.97 Å². The maximum atomic E-state index is 11.8. The van der Waals surface area contributed by atoms with E-state index in [2.05, 4.69) is 10.3 Å². The lowest BCUT2D eigenvalue weighted by Gasteiger charge is -2.14. The highest BCUT2D eigenvalue weighted by Crippen LogP contribution is 2.19. The molecule has 0 saturated carbocycles. The van der Waals surface area contributed by atoms with Crippen LogP contribution in [0.1, 0.15) is 16.8 Å². The van der Waals surface area contributed by atoms with Gasteiger partial charge in [0.25, 0.3) is 5.91 Å². The Hall–Kier alpha value is -1.37. The minimum Gasteiger partial charge on any atom is -0.480 e. The first-order valence-corrected chi connectivity index (χ1v) is 6.05. The number of aliphatic carboxylic acids is 1. The average molecular weight is 307 g/mol. The molecule has 1 amide bonds. The molecule has 1 atom stereocenters. The summed E-state index contributed by atoms with van der Waals surface area (Å²) < 4.78 is 4.78. The van der Waals surface area contributed by atoms with Gasteiger partial charge in [0.05, 0.1) is 10.6 Å². The molecule has 6 nitrogen and oxygen atoms in total. The van der Waals surface area contributed by atoms with Crippen LogP contribution in [-0.4, -0.2) is 41.7 Å². The maximum absolute atomic E-state index is 11.8. The van der Waals surface area contributed by atoms with E-state index in [0.717, 1.165) is 0 Å². The molecule has 1 heterocycles. The second kappa shape index (κ2) is 7.28. The maximum Gasteiger partial charge on any atom is 0.326 e. The molecule has 0 saturated heterocycles. The fraction of sp³-hybridized carbons (Fsp3) is 0.364. The number of ether oxygens (including phenoxy) is 1. The van der Waals surface area contributed by atoms with Gasteiger partial charge in [0, 0.05) is 26.3 Å². The van der Waals surface area contributed by atoms with Crippen LogP contribution in [0.5, 0.6) is 0 Å². The molecule has 0 fully saturated rings. The number of hydrogen-bond donors (Lipinski definition) is 2. The molecule has 0 aliphatic rings. The van der Waals surface area contributed by atoms with E-state index in [4.69, 9.17) is 33.0 Å². The highest BCUT2D eigenvalue weighted by atomic mass is 35.5. The number of pyridine rings is 1. The van der Waals surface area contributed by atoms with Crippen molar-refractivity contribution in [1.82, 2.24) is 10.3 Å². The summed E-state index contributed by atoms with van der Waals surface area (Å²) in [6.45, 7) is 0.219. The summed E-state index contributed by atoms with van der Waals surface area (Å²) in [5, 5.41) is 11.5. The molecule has 1 rings (SSSR count). The number of halogens is 2. The number of methoxy groups -OCH3 is 1. The summed E-state index contributed by atoms with van der Waals surface area (Å²) in [6.07, 6.45) is 1.38. The largest absolute Gasteiger partial charge is 0.480 e. The number of carbonyl (C=O) groups is 2. The Labute approximate surface area is 119 Å². The zero-order valence-electron chi connectivity index (χ0n) is 10.0. The molecule has 2 N–H and O–H groups in total. The molecule has 0 spiro atoms.